The Balaban J connectivity index is 2.63. The van der Waals surface area contributed by atoms with Crippen molar-refractivity contribution in [3.63, 3.8) is 0 Å². The van der Waals surface area contributed by atoms with Gasteiger partial charge in [-0.1, -0.05) is 0 Å². The number of aryl methyl sites for hydroxylation is 1. The van der Waals surface area contributed by atoms with E-state index in [9.17, 15) is 9.18 Å². The summed E-state index contributed by atoms with van der Waals surface area (Å²) in [4.78, 5) is 10.4. The van der Waals surface area contributed by atoms with E-state index in [0.717, 1.165) is 12.0 Å². The number of hydrogen-bond donors (Lipinski definition) is 1. The molecule has 0 saturated carbocycles. The van der Waals surface area contributed by atoms with Crippen molar-refractivity contribution in [2.45, 2.75) is 25.7 Å². The first kappa shape index (κ1) is 14.0. The van der Waals surface area contributed by atoms with Crippen molar-refractivity contribution in [3.05, 3.63) is 28.0 Å². The number of hydrogen-bond acceptors (Lipinski definition) is 2. The Morgan fingerprint density at radius 1 is 1.47 bits per heavy atom. The lowest BCUT2D eigenvalue weighted by Gasteiger charge is -2.09. The summed E-state index contributed by atoms with van der Waals surface area (Å²) >= 11 is 3.12. The molecule has 0 radical (unpaired) electrons. The van der Waals surface area contributed by atoms with E-state index in [1.807, 2.05) is 0 Å². The van der Waals surface area contributed by atoms with Gasteiger partial charge in [0, 0.05) is 12.5 Å². The fourth-order valence-electron chi connectivity index (χ4n) is 1.55. The molecule has 0 saturated heterocycles. The molecule has 0 aromatic heterocycles. The third-order valence-corrected chi connectivity index (χ3v) is 3.02. The second-order valence-electron chi connectivity index (χ2n) is 3.68. The van der Waals surface area contributed by atoms with Gasteiger partial charge in [0.2, 0.25) is 0 Å². The van der Waals surface area contributed by atoms with Gasteiger partial charge in [0.25, 0.3) is 0 Å². The summed E-state index contributed by atoms with van der Waals surface area (Å²) in [6.45, 7) is 0. The van der Waals surface area contributed by atoms with E-state index in [0.29, 0.717) is 23.1 Å². The highest BCUT2D eigenvalue weighted by Gasteiger charge is 2.09. The van der Waals surface area contributed by atoms with Crippen LogP contribution in [0.15, 0.2) is 16.6 Å². The van der Waals surface area contributed by atoms with Crippen LogP contribution in [0.5, 0.6) is 5.75 Å². The maximum Gasteiger partial charge on any atom is 0.303 e. The van der Waals surface area contributed by atoms with Gasteiger partial charge < -0.3 is 9.84 Å². The third kappa shape index (κ3) is 4.34. The van der Waals surface area contributed by atoms with E-state index < -0.39 is 5.97 Å². The van der Waals surface area contributed by atoms with Crippen molar-refractivity contribution >= 4 is 21.9 Å². The molecule has 1 aromatic carbocycles. The molecule has 1 rings (SSSR count). The second-order valence-corrected chi connectivity index (χ2v) is 4.53. The number of halogens is 2. The second kappa shape index (κ2) is 6.59. The summed E-state index contributed by atoms with van der Waals surface area (Å²) in [6.07, 6.45) is 2.17. The summed E-state index contributed by atoms with van der Waals surface area (Å²) in [5, 5.41) is 8.51. The first-order valence-corrected chi connectivity index (χ1v) is 6.07. The first-order valence-electron chi connectivity index (χ1n) is 5.28. The largest absolute Gasteiger partial charge is 0.496 e. The molecule has 1 aromatic rings. The van der Waals surface area contributed by atoms with Crippen molar-refractivity contribution in [3.8, 4) is 5.75 Å². The average Bonchev–Trinajstić information content (AvgIpc) is 2.28. The van der Waals surface area contributed by atoms with Gasteiger partial charge in [-0.15, -0.1) is 0 Å². The zero-order valence-electron chi connectivity index (χ0n) is 9.50. The van der Waals surface area contributed by atoms with E-state index in [4.69, 9.17) is 9.84 Å². The van der Waals surface area contributed by atoms with Gasteiger partial charge in [-0.25, -0.2) is 4.39 Å². The highest BCUT2D eigenvalue weighted by atomic mass is 79.9. The molecule has 5 heteroatoms. The van der Waals surface area contributed by atoms with E-state index in [2.05, 4.69) is 15.9 Å². The summed E-state index contributed by atoms with van der Waals surface area (Å²) in [5.74, 6) is -0.658. The molecule has 0 aliphatic rings. The topological polar surface area (TPSA) is 46.5 Å². The van der Waals surface area contributed by atoms with Gasteiger partial charge in [-0.05, 0) is 46.8 Å². The molecule has 0 bridgehead atoms. The van der Waals surface area contributed by atoms with Gasteiger partial charge in [0.1, 0.15) is 11.6 Å². The Morgan fingerprint density at radius 2 is 2.18 bits per heavy atom. The maximum absolute atomic E-state index is 13.2. The molecule has 0 spiro atoms. The lowest BCUT2D eigenvalue weighted by Crippen LogP contribution is -1.97. The first-order chi connectivity index (χ1) is 8.04. The molecule has 3 nitrogen and oxygen atoms in total. The van der Waals surface area contributed by atoms with Crippen molar-refractivity contribution in [1.29, 1.82) is 0 Å². The Morgan fingerprint density at radius 3 is 2.76 bits per heavy atom. The Bertz CT molecular complexity index is 407. The van der Waals surface area contributed by atoms with Gasteiger partial charge in [-0.3, -0.25) is 4.79 Å². The molecule has 17 heavy (non-hydrogen) atoms. The highest BCUT2D eigenvalue weighted by Crippen LogP contribution is 2.27. The SMILES string of the molecule is COc1cc(F)c(Br)cc1CCCCC(=O)O. The number of benzene rings is 1. The Kier molecular flexibility index (Phi) is 5.41. The van der Waals surface area contributed by atoms with E-state index in [-0.39, 0.29) is 12.2 Å². The molecule has 0 atom stereocenters. The van der Waals surface area contributed by atoms with Crippen LogP contribution in [0.3, 0.4) is 0 Å². The maximum atomic E-state index is 13.2. The molecule has 0 unspecified atom stereocenters. The molecule has 1 N–H and O–H groups in total. The minimum Gasteiger partial charge on any atom is -0.496 e. The number of rotatable bonds is 6. The van der Waals surface area contributed by atoms with E-state index in [1.165, 1.54) is 13.2 Å². The zero-order valence-corrected chi connectivity index (χ0v) is 11.1. The number of carboxylic acids is 1. The number of methoxy groups -OCH3 is 1. The summed E-state index contributed by atoms with van der Waals surface area (Å²) in [5.41, 5.74) is 0.881. The molecule has 0 amide bonds. The monoisotopic (exact) mass is 304 g/mol. The standard InChI is InChI=1S/C12H14BrFO3/c1-17-11-7-10(14)9(13)6-8(11)4-2-3-5-12(15)16/h6-7H,2-5H2,1H3,(H,15,16). The molecule has 0 aliphatic heterocycles. The Labute approximate surface area is 108 Å². The van der Waals surface area contributed by atoms with Gasteiger partial charge >= 0.3 is 5.97 Å². The lowest BCUT2D eigenvalue weighted by atomic mass is 10.1. The van der Waals surface area contributed by atoms with Crippen LogP contribution in [0.4, 0.5) is 4.39 Å². The van der Waals surface area contributed by atoms with E-state index >= 15 is 0 Å². The van der Waals surface area contributed by atoms with Crippen LogP contribution in [0.25, 0.3) is 0 Å². The van der Waals surface area contributed by atoms with Gasteiger partial charge in [-0.2, -0.15) is 0 Å². The highest BCUT2D eigenvalue weighted by molar-refractivity contribution is 9.10. The summed E-state index contributed by atoms with van der Waals surface area (Å²) in [7, 11) is 1.49. The fraction of sp³-hybridized carbons (Fsp3) is 0.417. The number of unbranched alkanes of at least 4 members (excludes halogenated alkanes) is 1. The number of carboxylic acid groups (broad SMARTS) is 1. The molecule has 94 valence electrons. The van der Waals surface area contributed by atoms with Crippen LogP contribution in [-0.2, 0) is 11.2 Å². The average molecular weight is 305 g/mol. The van der Waals surface area contributed by atoms with Gasteiger partial charge in [0.05, 0.1) is 11.6 Å². The van der Waals surface area contributed by atoms with Crippen LogP contribution >= 0.6 is 15.9 Å². The zero-order chi connectivity index (χ0) is 12.8. The quantitative estimate of drug-likeness (QED) is 0.819. The van der Waals surface area contributed by atoms with Crippen LogP contribution in [0, 0.1) is 5.82 Å². The lowest BCUT2D eigenvalue weighted by molar-refractivity contribution is -0.137. The van der Waals surface area contributed by atoms with Crippen LogP contribution in [0.1, 0.15) is 24.8 Å². The number of carbonyl (C=O) groups is 1. The molecule has 0 aliphatic carbocycles. The minimum atomic E-state index is -0.794. The van der Waals surface area contributed by atoms with Gasteiger partial charge in [0.15, 0.2) is 0 Å². The molecular weight excluding hydrogens is 291 g/mol. The smallest absolute Gasteiger partial charge is 0.303 e. The summed E-state index contributed by atoms with van der Waals surface area (Å²) < 4.78 is 18.7. The van der Waals surface area contributed by atoms with Crippen LogP contribution in [0.2, 0.25) is 0 Å². The van der Waals surface area contributed by atoms with E-state index in [1.54, 1.807) is 6.07 Å². The van der Waals surface area contributed by atoms with Crippen molar-refractivity contribution < 1.29 is 19.0 Å². The molecule has 0 fully saturated rings. The van der Waals surface area contributed by atoms with Crippen molar-refractivity contribution in [2.75, 3.05) is 7.11 Å². The summed E-state index contributed by atoms with van der Waals surface area (Å²) in [6, 6.07) is 3.01. The van der Waals surface area contributed by atoms with Crippen molar-refractivity contribution in [1.82, 2.24) is 0 Å². The minimum absolute atomic E-state index is 0.157. The molecule has 0 heterocycles. The normalized spacial score (nSPS) is 10.3. The fourth-order valence-corrected chi connectivity index (χ4v) is 1.94. The number of ether oxygens (including phenoxy) is 1. The molecular formula is C12H14BrFO3. The van der Waals surface area contributed by atoms with Crippen LogP contribution < -0.4 is 4.74 Å². The van der Waals surface area contributed by atoms with Crippen LogP contribution in [-0.4, -0.2) is 18.2 Å². The Hall–Kier alpha value is -1.10. The predicted molar refractivity (Wildman–Crippen MR) is 65.8 cm³/mol. The predicted octanol–water partition coefficient (Wildman–Crippen LogP) is 3.39. The number of aliphatic carboxylic acids is 1. The third-order valence-electron chi connectivity index (χ3n) is 2.41. The van der Waals surface area contributed by atoms with Crippen molar-refractivity contribution in [2.24, 2.45) is 0 Å².